The molecule has 0 spiro atoms. The number of rotatable bonds is 6. The zero-order valence-corrected chi connectivity index (χ0v) is 11.1. The molecule has 2 N–H and O–H groups in total. The van der Waals surface area contributed by atoms with Crippen molar-refractivity contribution in [3.05, 3.63) is 29.8 Å². The number of esters is 1. The number of ether oxygens (including phenoxy) is 2. The normalized spacial score (nSPS) is 11.3. The fourth-order valence-electron chi connectivity index (χ4n) is 1.44. The molecule has 1 rings (SSSR count). The predicted octanol–water partition coefficient (Wildman–Crippen LogP) is 0.441. The molecule has 0 aliphatic rings. The molecule has 0 unspecified atom stereocenters. The van der Waals surface area contributed by atoms with E-state index in [9.17, 15) is 14.4 Å². The van der Waals surface area contributed by atoms with Crippen molar-refractivity contribution in [2.24, 2.45) is 0 Å². The summed E-state index contributed by atoms with van der Waals surface area (Å²) < 4.78 is 9.61. The number of nitrogens with one attached hydrogen (secondary N) is 1. The monoisotopic (exact) mass is 281 g/mol. The van der Waals surface area contributed by atoms with Gasteiger partial charge in [-0.15, -0.1) is 0 Å². The third kappa shape index (κ3) is 4.27. The lowest BCUT2D eigenvalue weighted by atomic mass is 10.1. The minimum absolute atomic E-state index is 0.198. The molecule has 0 heterocycles. The first-order valence-electron chi connectivity index (χ1n) is 5.75. The number of benzene rings is 1. The highest BCUT2D eigenvalue weighted by atomic mass is 16.5. The maximum absolute atomic E-state index is 12.0. The molecular weight excluding hydrogens is 266 g/mol. The van der Waals surface area contributed by atoms with Gasteiger partial charge in [-0.1, -0.05) is 12.1 Å². The van der Waals surface area contributed by atoms with Crippen molar-refractivity contribution < 1.29 is 29.0 Å². The van der Waals surface area contributed by atoms with Gasteiger partial charge in [0.15, 0.2) is 6.04 Å². The summed E-state index contributed by atoms with van der Waals surface area (Å²) in [5.41, 5.74) is 0.198. The van der Waals surface area contributed by atoms with Gasteiger partial charge in [0, 0.05) is 6.92 Å². The van der Waals surface area contributed by atoms with Gasteiger partial charge in [-0.3, -0.25) is 9.59 Å². The standard InChI is InChI=1S/C13H15NO6/c1-8(15)20-7-10(13(17)18)14-12(16)9-5-3-4-6-11(9)19-2/h3-6,10H,7H2,1-2H3,(H,14,16)(H,17,18)/t10-/m0/s1. The summed E-state index contributed by atoms with van der Waals surface area (Å²) in [6, 6.07) is 5.06. The van der Waals surface area contributed by atoms with Crippen LogP contribution in [-0.4, -0.2) is 42.7 Å². The van der Waals surface area contributed by atoms with Gasteiger partial charge in [-0.05, 0) is 12.1 Å². The minimum Gasteiger partial charge on any atom is -0.496 e. The number of hydrogen-bond donors (Lipinski definition) is 2. The molecule has 1 aromatic rings. The Morgan fingerprint density at radius 1 is 1.30 bits per heavy atom. The van der Waals surface area contributed by atoms with Crippen LogP contribution in [0, 0.1) is 0 Å². The number of amides is 1. The second kappa shape index (κ2) is 7.13. The molecule has 1 atom stereocenters. The van der Waals surface area contributed by atoms with E-state index in [0.29, 0.717) is 5.75 Å². The molecule has 0 radical (unpaired) electrons. The van der Waals surface area contributed by atoms with E-state index in [2.05, 4.69) is 10.1 Å². The fourth-order valence-corrected chi connectivity index (χ4v) is 1.44. The lowest BCUT2D eigenvalue weighted by Gasteiger charge is -2.15. The topological polar surface area (TPSA) is 102 Å². The van der Waals surface area contributed by atoms with Crippen LogP contribution in [0.4, 0.5) is 0 Å². The molecule has 7 nitrogen and oxygen atoms in total. The summed E-state index contributed by atoms with van der Waals surface area (Å²) in [4.78, 5) is 33.7. The van der Waals surface area contributed by atoms with Gasteiger partial charge in [-0.25, -0.2) is 4.79 Å². The molecule has 20 heavy (non-hydrogen) atoms. The van der Waals surface area contributed by atoms with E-state index < -0.39 is 30.5 Å². The highest BCUT2D eigenvalue weighted by Crippen LogP contribution is 2.17. The lowest BCUT2D eigenvalue weighted by molar-refractivity contribution is -0.146. The zero-order valence-electron chi connectivity index (χ0n) is 11.1. The molecule has 1 amide bonds. The fraction of sp³-hybridized carbons (Fsp3) is 0.308. The summed E-state index contributed by atoms with van der Waals surface area (Å²) >= 11 is 0. The third-order valence-electron chi connectivity index (χ3n) is 2.41. The smallest absolute Gasteiger partial charge is 0.329 e. The van der Waals surface area contributed by atoms with Gasteiger partial charge in [0.05, 0.1) is 12.7 Å². The Balaban J connectivity index is 2.80. The number of carbonyl (C=O) groups excluding carboxylic acids is 2. The zero-order chi connectivity index (χ0) is 15.1. The predicted molar refractivity (Wildman–Crippen MR) is 68.5 cm³/mol. The largest absolute Gasteiger partial charge is 0.496 e. The number of methoxy groups -OCH3 is 1. The summed E-state index contributed by atoms with van der Waals surface area (Å²) in [5, 5.41) is 11.2. The van der Waals surface area contributed by atoms with Crippen LogP contribution in [0.5, 0.6) is 5.75 Å². The van der Waals surface area contributed by atoms with Gasteiger partial charge in [-0.2, -0.15) is 0 Å². The molecule has 0 aromatic heterocycles. The number of carbonyl (C=O) groups is 3. The van der Waals surface area contributed by atoms with E-state index >= 15 is 0 Å². The highest BCUT2D eigenvalue weighted by molar-refractivity contribution is 5.99. The first-order chi connectivity index (χ1) is 9.45. The molecule has 0 aliphatic carbocycles. The summed E-state index contributed by atoms with van der Waals surface area (Å²) in [6.07, 6.45) is 0. The van der Waals surface area contributed by atoms with Gasteiger partial charge < -0.3 is 19.9 Å². The number of hydrogen-bond acceptors (Lipinski definition) is 5. The van der Waals surface area contributed by atoms with E-state index in [1.165, 1.54) is 13.2 Å². The SMILES string of the molecule is COc1ccccc1C(=O)N[C@@H](COC(C)=O)C(=O)O. The van der Waals surface area contributed by atoms with Crippen LogP contribution >= 0.6 is 0 Å². The lowest BCUT2D eigenvalue weighted by Crippen LogP contribution is -2.44. The first kappa shape index (κ1) is 15.5. The Kier molecular flexibility index (Phi) is 5.52. The maximum atomic E-state index is 12.0. The van der Waals surface area contributed by atoms with Crippen LogP contribution in [-0.2, 0) is 14.3 Å². The van der Waals surface area contributed by atoms with Crippen LogP contribution in [0.1, 0.15) is 17.3 Å². The van der Waals surface area contributed by atoms with Crippen molar-refractivity contribution in [3.8, 4) is 5.75 Å². The number of para-hydroxylation sites is 1. The van der Waals surface area contributed by atoms with Crippen LogP contribution < -0.4 is 10.1 Å². The molecule has 7 heteroatoms. The van der Waals surface area contributed by atoms with Crippen molar-refractivity contribution in [1.82, 2.24) is 5.32 Å². The molecule has 108 valence electrons. The van der Waals surface area contributed by atoms with Crippen molar-refractivity contribution in [3.63, 3.8) is 0 Å². The average molecular weight is 281 g/mol. The van der Waals surface area contributed by atoms with E-state index in [1.807, 2.05) is 0 Å². The number of carboxylic acids is 1. The van der Waals surface area contributed by atoms with Gasteiger partial charge in [0.1, 0.15) is 12.4 Å². The Hall–Kier alpha value is -2.57. The van der Waals surface area contributed by atoms with Crippen LogP contribution in [0.3, 0.4) is 0 Å². The molecular formula is C13H15NO6. The molecule has 0 saturated carbocycles. The molecule has 0 bridgehead atoms. The Labute approximate surface area is 115 Å². The third-order valence-corrected chi connectivity index (χ3v) is 2.41. The van der Waals surface area contributed by atoms with Crippen molar-refractivity contribution >= 4 is 17.8 Å². The van der Waals surface area contributed by atoms with E-state index in [0.717, 1.165) is 6.92 Å². The average Bonchev–Trinajstić information content (AvgIpc) is 2.42. The van der Waals surface area contributed by atoms with Crippen molar-refractivity contribution in [2.75, 3.05) is 13.7 Å². The quantitative estimate of drug-likeness (QED) is 0.734. The second-order valence-corrected chi connectivity index (χ2v) is 3.87. The van der Waals surface area contributed by atoms with E-state index in [4.69, 9.17) is 9.84 Å². The van der Waals surface area contributed by atoms with Crippen LogP contribution in [0.2, 0.25) is 0 Å². The maximum Gasteiger partial charge on any atom is 0.329 e. The van der Waals surface area contributed by atoms with Gasteiger partial charge in [0.2, 0.25) is 0 Å². The van der Waals surface area contributed by atoms with Gasteiger partial charge in [0.25, 0.3) is 5.91 Å². The van der Waals surface area contributed by atoms with Crippen molar-refractivity contribution in [2.45, 2.75) is 13.0 Å². The minimum atomic E-state index is -1.32. The molecule has 0 fully saturated rings. The van der Waals surface area contributed by atoms with Crippen LogP contribution in [0.15, 0.2) is 24.3 Å². The summed E-state index contributed by atoms with van der Waals surface area (Å²) in [5.74, 6) is -2.22. The molecule has 0 saturated heterocycles. The van der Waals surface area contributed by atoms with E-state index in [-0.39, 0.29) is 5.56 Å². The van der Waals surface area contributed by atoms with Crippen LogP contribution in [0.25, 0.3) is 0 Å². The number of carboxylic acid groups (broad SMARTS) is 1. The van der Waals surface area contributed by atoms with Crippen molar-refractivity contribution in [1.29, 1.82) is 0 Å². The summed E-state index contributed by atoms with van der Waals surface area (Å²) in [7, 11) is 1.40. The highest BCUT2D eigenvalue weighted by Gasteiger charge is 2.23. The summed E-state index contributed by atoms with van der Waals surface area (Å²) in [6.45, 7) is 0.715. The Morgan fingerprint density at radius 2 is 1.95 bits per heavy atom. The van der Waals surface area contributed by atoms with E-state index in [1.54, 1.807) is 18.2 Å². The Morgan fingerprint density at radius 3 is 2.50 bits per heavy atom. The number of aliphatic carboxylic acids is 1. The second-order valence-electron chi connectivity index (χ2n) is 3.87. The molecule has 0 aliphatic heterocycles. The first-order valence-corrected chi connectivity index (χ1v) is 5.75. The molecule has 1 aromatic carbocycles. The van der Waals surface area contributed by atoms with Gasteiger partial charge >= 0.3 is 11.9 Å². The Bertz CT molecular complexity index is 513.